The van der Waals surface area contributed by atoms with Gasteiger partial charge in [-0.1, -0.05) is 52.7 Å². The number of carbonyl (C=O) groups is 1. The van der Waals surface area contributed by atoms with Crippen molar-refractivity contribution in [1.29, 1.82) is 0 Å². The van der Waals surface area contributed by atoms with Crippen LogP contribution in [0.2, 0.25) is 0 Å². The molecular formula is C20H22BrNO3. The molecule has 0 bridgehead atoms. The Morgan fingerprint density at radius 1 is 1.20 bits per heavy atom. The van der Waals surface area contributed by atoms with Gasteiger partial charge < -0.3 is 9.84 Å². The van der Waals surface area contributed by atoms with E-state index < -0.39 is 12.0 Å². The second kappa shape index (κ2) is 8.02. The normalized spacial score (nSPS) is 19.4. The van der Waals surface area contributed by atoms with E-state index >= 15 is 0 Å². The van der Waals surface area contributed by atoms with Gasteiger partial charge in [0.05, 0.1) is 13.2 Å². The fraction of sp³-hybridized carbons (Fsp3) is 0.350. The Hall–Kier alpha value is -1.85. The minimum absolute atomic E-state index is 0.148. The maximum atomic E-state index is 11.9. The molecule has 1 fully saturated rings. The van der Waals surface area contributed by atoms with Gasteiger partial charge in [-0.2, -0.15) is 0 Å². The molecule has 0 aliphatic carbocycles. The third kappa shape index (κ3) is 3.88. The van der Waals surface area contributed by atoms with Crippen LogP contribution in [0.5, 0.6) is 5.75 Å². The molecule has 1 N–H and O–H groups in total. The molecule has 0 saturated carbocycles. The molecule has 0 spiro atoms. The second-order valence-electron chi connectivity index (χ2n) is 6.28. The van der Waals surface area contributed by atoms with Crippen molar-refractivity contribution in [3.63, 3.8) is 0 Å². The summed E-state index contributed by atoms with van der Waals surface area (Å²) in [6.45, 7) is 0.760. The highest BCUT2D eigenvalue weighted by Crippen LogP contribution is 2.38. The molecule has 4 nitrogen and oxygen atoms in total. The Labute approximate surface area is 156 Å². The van der Waals surface area contributed by atoms with Crippen molar-refractivity contribution < 1.29 is 14.6 Å². The van der Waals surface area contributed by atoms with Gasteiger partial charge in [-0.3, -0.25) is 9.69 Å². The quantitative estimate of drug-likeness (QED) is 0.798. The predicted molar refractivity (Wildman–Crippen MR) is 101 cm³/mol. The summed E-state index contributed by atoms with van der Waals surface area (Å²) in [6.07, 6.45) is 2.63. The third-order valence-electron chi connectivity index (χ3n) is 4.78. The Balaban J connectivity index is 2.11. The first kappa shape index (κ1) is 18.0. The molecule has 5 heteroatoms. The number of rotatable bonds is 5. The summed E-state index contributed by atoms with van der Waals surface area (Å²) in [4.78, 5) is 14.0. The number of para-hydroxylation sites is 1. The molecule has 1 saturated heterocycles. The summed E-state index contributed by atoms with van der Waals surface area (Å²) in [5, 5.41) is 9.74. The molecule has 25 heavy (non-hydrogen) atoms. The number of nitrogens with zero attached hydrogens (tertiary/aromatic N) is 1. The van der Waals surface area contributed by atoms with Gasteiger partial charge in [-0.15, -0.1) is 0 Å². The van der Waals surface area contributed by atoms with Crippen LogP contribution in [0.3, 0.4) is 0 Å². The van der Waals surface area contributed by atoms with E-state index in [1.54, 1.807) is 7.11 Å². The third-order valence-corrected chi connectivity index (χ3v) is 5.31. The maximum absolute atomic E-state index is 11.9. The molecule has 132 valence electrons. The first-order valence-corrected chi connectivity index (χ1v) is 9.28. The van der Waals surface area contributed by atoms with Crippen molar-refractivity contribution in [2.45, 2.75) is 31.3 Å². The van der Waals surface area contributed by atoms with E-state index in [9.17, 15) is 9.90 Å². The average molecular weight is 404 g/mol. The summed E-state index contributed by atoms with van der Waals surface area (Å²) < 4.78 is 6.58. The summed E-state index contributed by atoms with van der Waals surface area (Å²) >= 11 is 3.48. The van der Waals surface area contributed by atoms with Crippen LogP contribution in [0.25, 0.3) is 0 Å². The fourth-order valence-electron chi connectivity index (χ4n) is 3.62. The highest BCUT2D eigenvalue weighted by Gasteiger charge is 2.36. The number of hydrogen-bond donors (Lipinski definition) is 1. The lowest BCUT2D eigenvalue weighted by Crippen LogP contribution is -2.46. The van der Waals surface area contributed by atoms with E-state index in [2.05, 4.69) is 33.0 Å². The Morgan fingerprint density at radius 2 is 1.92 bits per heavy atom. The minimum Gasteiger partial charge on any atom is -0.496 e. The number of piperidine rings is 1. The Bertz CT molecular complexity index is 732. The van der Waals surface area contributed by atoms with Crippen LogP contribution in [-0.2, 0) is 4.79 Å². The number of benzene rings is 2. The van der Waals surface area contributed by atoms with E-state index in [4.69, 9.17) is 4.74 Å². The van der Waals surface area contributed by atoms with E-state index in [-0.39, 0.29) is 6.04 Å². The molecule has 0 aromatic heterocycles. The molecule has 3 rings (SSSR count). The van der Waals surface area contributed by atoms with Crippen LogP contribution in [0.1, 0.15) is 36.4 Å². The largest absolute Gasteiger partial charge is 0.496 e. The van der Waals surface area contributed by atoms with Crippen molar-refractivity contribution in [2.75, 3.05) is 13.7 Å². The van der Waals surface area contributed by atoms with Gasteiger partial charge in [0.25, 0.3) is 0 Å². The fourth-order valence-corrected chi connectivity index (χ4v) is 3.88. The van der Waals surface area contributed by atoms with Crippen molar-refractivity contribution in [2.24, 2.45) is 0 Å². The summed E-state index contributed by atoms with van der Waals surface area (Å²) in [7, 11) is 1.66. The Morgan fingerprint density at radius 3 is 2.60 bits per heavy atom. The number of carboxylic acids is 1. The van der Waals surface area contributed by atoms with Gasteiger partial charge >= 0.3 is 5.97 Å². The molecular weight excluding hydrogens is 382 g/mol. The number of likely N-dealkylation sites (tertiary alicyclic amines) is 1. The lowest BCUT2D eigenvalue weighted by molar-refractivity contribution is -0.145. The molecule has 2 aromatic rings. The number of ether oxygens (including phenoxy) is 1. The number of methoxy groups -OCH3 is 1. The molecule has 2 aromatic carbocycles. The highest BCUT2D eigenvalue weighted by molar-refractivity contribution is 9.10. The van der Waals surface area contributed by atoms with Crippen LogP contribution in [0.15, 0.2) is 53.0 Å². The number of halogens is 1. The molecule has 1 aliphatic heterocycles. The van der Waals surface area contributed by atoms with Gasteiger partial charge in [0.2, 0.25) is 0 Å². The molecule has 0 amide bonds. The van der Waals surface area contributed by atoms with Crippen LogP contribution in [0.4, 0.5) is 0 Å². The van der Waals surface area contributed by atoms with Crippen molar-refractivity contribution >= 4 is 21.9 Å². The lowest BCUT2D eigenvalue weighted by Gasteiger charge is -2.40. The SMILES string of the molecule is COc1ccccc1C(c1ccc(Br)cc1)N1CCCCC1C(=O)O. The molecule has 1 heterocycles. The smallest absolute Gasteiger partial charge is 0.320 e. The average Bonchev–Trinajstić information content (AvgIpc) is 2.64. The number of aliphatic carboxylic acids is 1. The van der Waals surface area contributed by atoms with E-state index in [1.165, 1.54) is 0 Å². The summed E-state index contributed by atoms with van der Waals surface area (Å²) in [6, 6.07) is 15.3. The molecule has 0 radical (unpaired) electrons. The van der Waals surface area contributed by atoms with Crippen molar-refractivity contribution in [3.8, 4) is 5.75 Å². The van der Waals surface area contributed by atoms with Crippen LogP contribution in [0, 0.1) is 0 Å². The second-order valence-corrected chi connectivity index (χ2v) is 7.20. The first-order chi connectivity index (χ1) is 12.1. The van der Waals surface area contributed by atoms with Crippen LogP contribution >= 0.6 is 15.9 Å². The molecule has 1 aliphatic rings. The Kier molecular flexibility index (Phi) is 5.76. The lowest BCUT2D eigenvalue weighted by atomic mass is 9.91. The summed E-state index contributed by atoms with van der Waals surface area (Å²) in [5.41, 5.74) is 2.07. The van der Waals surface area contributed by atoms with Gasteiger partial charge in [0, 0.05) is 10.0 Å². The van der Waals surface area contributed by atoms with E-state index in [0.29, 0.717) is 6.42 Å². The number of carboxylic acid groups (broad SMARTS) is 1. The zero-order valence-electron chi connectivity index (χ0n) is 14.2. The van der Waals surface area contributed by atoms with Crippen LogP contribution in [-0.4, -0.2) is 35.7 Å². The van der Waals surface area contributed by atoms with E-state index in [0.717, 1.165) is 40.7 Å². The predicted octanol–water partition coefficient (Wildman–Crippen LogP) is 4.49. The maximum Gasteiger partial charge on any atom is 0.320 e. The van der Waals surface area contributed by atoms with E-state index in [1.807, 2.05) is 36.4 Å². The van der Waals surface area contributed by atoms with Crippen molar-refractivity contribution in [1.82, 2.24) is 4.90 Å². The number of hydrogen-bond acceptors (Lipinski definition) is 3. The van der Waals surface area contributed by atoms with Gasteiger partial charge in [0.1, 0.15) is 11.8 Å². The monoisotopic (exact) mass is 403 g/mol. The highest BCUT2D eigenvalue weighted by atomic mass is 79.9. The standard InChI is InChI=1S/C20H22BrNO3/c1-25-18-8-3-2-6-16(18)19(14-9-11-15(21)12-10-14)22-13-5-4-7-17(22)20(23)24/h2-3,6,8-12,17,19H,4-5,7,13H2,1H3,(H,23,24). The molecule has 2 atom stereocenters. The van der Waals surface area contributed by atoms with Gasteiger partial charge in [-0.25, -0.2) is 0 Å². The zero-order valence-corrected chi connectivity index (χ0v) is 15.8. The minimum atomic E-state index is -0.753. The topological polar surface area (TPSA) is 49.8 Å². The van der Waals surface area contributed by atoms with Gasteiger partial charge in [0.15, 0.2) is 0 Å². The molecule has 2 unspecified atom stereocenters. The zero-order chi connectivity index (χ0) is 17.8. The van der Waals surface area contributed by atoms with Crippen molar-refractivity contribution in [3.05, 3.63) is 64.1 Å². The van der Waals surface area contributed by atoms with Crippen LogP contribution < -0.4 is 4.74 Å². The first-order valence-electron chi connectivity index (χ1n) is 8.48. The van der Waals surface area contributed by atoms with Gasteiger partial charge in [-0.05, 0) is 43.1 Å². The summed E-state index contributed by atoms with van der Waals surface area (Å²) in [5.74, 6) is 0.0295.